The van der Waals surface area contributed by atoms with E-state index in [-0.39, 0.29) is 5.97 Å². The molecule has 6 heteroatoms. The molecule has 122 valence electrons. The number of amides is 1. The van der Waals surface area contributed by atoms with Crippen molar-refractivity contribution >= 4 is 17.7 Å². The molecule has 6 nitrogen and oxygen atoms in total. The molecule has 22 heavy (non-hydrogen) atoms. The lowest BCUT2D eigenvalue weighted by atomic mass is 10.1. The van der Waals surface area contributed by atoms with Crippen molar-refractivity contribution < 1.29 is 19.1 Å². The summed E-state index contributed by atoms with van der Waals surface area (Å²) in [5.74, 6) is -0.380. The molecule has 0 unspecified atom stereocenters. The van der Waals surface area contributed by atoms with Crippen LogP contribution in [0.1, 0.15) is 36.7 Å². The maximum atomic E-state index is 11.5. The van der Waals surface area contributed by atoms with Crippen LogP contribution >= 0.6 is 0 Å². The molecule has 0 aliphatic heterocycles. The molecule has 0 aliphatic rings. The smallest absolute Gasteiger partial charge is 0.407 e. The largest absolute Gasteiger partial charge is 0.465 e. The Bertz CT molecular complexity index is 535. The van der Waals surface area contributed by atoms with Gasteiger partial charge in [0.15, 0.2) is 0 Å². The number of hydrogen-bond donors (Lipinski definition) is 2. The van der Waals surface area contributed by atoms with E-state index >= 15 is 0 Å². The number of aryl methyl sites for hydroxylation is 1. The average Bonchev–Trinajstić information content (AvgIpc) is 2.42. The highest BCUT2D eigenvalue weighted by Gasteiger charge is 2.15. The Morgan fingerprint density at radius 3 is 2.45 bits per heavy atom. The summed E-state index contributed by atoms with van der Waals surface area (Å²) < 4.78 is 9.83. The third kappa shape index (κ3) is 6.03. The number of alkyl carbamates (subject to hydrolysis) is 1. The highest BCUT2D eigenvalue weighted by Crippen LogP contribution is 2.17. The maximum absolute atomic E-state index is 11.5. The van der Waals surface area contributed by atoms with Gasteiger partial charge in [-0.25, -0.2) is 9.59 Å². The summed E-state index contributed by atoms with van der Waals surface area (Å²) in [6.07, 6.45) is -0.450. The van der Waals surface area contributed by atoms with E-state index in [4.69, 9.17) is 9.47 Å². The highest BCUT2D eigenvalue weighted by atomic mass is 16.6. The average molecular weight is 308 g/mol. The van der Waals surface area contributed by atoms with Crippen molar-refractivity contribution in [1.29, 1.82) is 0 Å². The fourth-order valence-electron chi connectivity index (χ4n) is 1.73. The van der Waals surface area contributed by atoms with Crippen molar-refractivity contribution in [1.82, 2.24) is 5.32 Å². The van der Waals surface area contributed by atoms with Crippen molar-refractivity contribution in [2.24, 2.45) is 0 Å². The first-order valence-electron chi connectivity index (χ1n) is 7.12. The molecule has 0 aromatic heterocycles. The van der Waals surface area contributed by atoms with Crippen LogP contribution < -0.4 is 10.6 Å². The Labute approximate surface area is 131 Å². The normalized spacial score (nSPS) is 10.8. The number of esters is 1. The van der Waals surface area contributed by atoms with Crippen LogP contribution in [0.4, 0.5) is 10.5 Å². The minimum atomic E-state index is -0.511. The van der Waals surface area contributed by atoms with Gasteiger partial charge < -0.3 is 20.1 Å². The fourth-order valence-corrected chi connectivity index (χ4v) is 1.73. The van der Waals surface area contributed by atoms with Gasteiger partial charge in [0.05, 0.1) is 12.7 Å². The third-order valence-corrected chi connectivity index (χ3v) is 2.77. The second-order valence-corrected chi connectivity index (χ2v) is 5.88. The van der Waals surface area contributed by atoms with Crippen LogP contribution in [0.2, 0.25) is 0 Å². The number of ether oxygens (including phenoxy) is 2. The molecule has 0 aliphatic carbocycles. The van der Waals surface area contributed by atoms with Gasteiger partial charge in [-0.3, -0.25) is 0 Å². The van der Waals surface area contributed by atoms with Crippen LogP contribution in [-0.4, -0.2) is 37.9 Å². The molecule has 1 aromatic rings. The minimum absolute atomic E-state index is 0.380. The molecular formula is C16H24N2O4. The first-order chi connectivity index (χ1) is 10.2. The van der Waals surface area contributed by atoms with Gasteiger partial charge in [0, 0.05) is 18.8 Å². The standard InChI is InChI=1S/C16H24N2O4/c1-11-6-7-12(14(19)21-5)10-13(11)17-8-9-18-15(20)22-16(2,3)4/h6-7,10,17H,8-9H2,1-5H3,(H,18,20). The Kier molecular flexibility index (Phi) is 6.22. The van der Waals surface area contributed by atoms with Crippen LogP contribution in [0.15, 0.2) is 18.2 Å². The SMILES string of the molecule is COC(=O)c1ccc(C)c(NCCNC(=O)OC(C)(C)C)c1. The number of carbonyl (C=O) groups excluding carboxylic acids is 2. The van der Waals surface area contributed by atoms with E-state index in [1.807, 2.05) is 33.8 Å². The number of methoxy groups -OCH3 is 1. The molecule has 0 radical (unpaired) electrons. The lowest BCUT2D eigenvalue weighted by Crippen LogP contribution is -2.35. The number of hydrogen-bond acceptors (Lipinski definition) is 5. The second kappa shape index (κ2) is 7.68. The molecule has 0 fully saturated rings. The van der Waals surface area contributed by atoms with Gasteiger partial charge in [-0.1, -0.05) is 6.07 Å². The fraction of sp³-hybridized carbons (Fsp3) is 0.500. The number of anilines is 1. The predicted molar refractivity (Wildman–Crippen MR) is 85.2 cm³/mol. The first-order valence-corrected chi connectivity index (χ1v) is 7.12. The Morgan fingerprint density at radius 2 is 1.86 bits per heavy atom. The molecule has 0 saturated carbocycles. The number of benzene rings is 1. The van der Waals surface area contributed by atoms with Gasteiger partial charge >= 0.3 is 12.1 Å². The monoisotopic (exact) mass is 308 g/mol. The summed E-state index contributed by atoms with van der Waals surface area (Å²) in [5, 5.41) is 5.83. The van der Waals surface area contributed by atoms with Crippen LogP contribution in [-0.2, 0) is 9.47 Å². The van der Waals surface area contributed by atoms with Gasteiger partial charge in [-0.2, -0.15) is 0 Å². The molecule has 1 aromatic carbocycles. The van der Waals surface area contributed by atoms with E-state index in [0.29, 0.717) is 18.7 Å². The van der Waals surface area contributed by atoms with Crippen molar-refractivity contribution in [3.05, 3.63) is 29.3 Å². The Morgan fingerprint density at radius 1 is 1.18 bits per heavy atom. The molecule has 0 heterocycles. The van der Waals surface area contributed by atoms with E-state index in [1.54, 1.807) is 12.1 Å². The molecule has 0 atom stereocenters. The minimum Gasteiger partial charge on any atom is -0.465 e. The van der Waals surface area contributed by atoms with E-state index in [2.05, 4.69) is 10.6 Å². The lowest BCUT2D eigenvalue weighted by molar-refractivity contribution is 0.0528. The topological polar surface area (TPSA) is 76.7 Å². The summed E-state index contributed by atoms with van der Waals surface area (Å²) >= 11 is 0. The van der Waals surface area contributed by atoms with Crippen molar-refractivity contribution in [2.45, 2.75) is 33.3 Å². The summed E-state index contributed by atoms with van der Waals surface area (Å²) in [7, 11) is 1.35. The zero-order valence-corrected chi connectivity index (χ0v) is 13.8. The van der Waals surface area contributed by atoms with Crippen molar-refractivity contribution in [2.75, 3.05) is 25.5 Å². The third-order valence-electron chi connectivity index (χ3n) is 2.77. The number of carbonyl (C=O) groups is 2. The van der Waals surface area contributed by atoms with E-state index in [9.17, 15) is 9.59 Å². The molecule has 0 saturated heterocycles. The molecule has 2 N–H and O–H groups in total. The first kappa shape index (κ1) is 17.8. The number of nitrogens with one attached hydrogen (secondary N) is 2. The Hall–Kier alpha value is -2.24. The molecule has 0 spiro atoms. The van der Waals surface area contributed by atoms with Gasteiger partial charge in [-0.05, 0) is 45.4 Å². The van der Waals surface area contributed by atoms with E-state index in [1.165, 1.54) is 7.11 Å². The van der Waals surface area contributed by atoms with Gasteiger partial charge in [-0.15, -0.1) is 0 Å². The predicted octanol–water partition coefficient (Wildman–Crippen LogP) is 2.72. The lowest BCUT2D eigenvalue weighted by Gasteiger charge is -2.19. The van der Waals surface area contributed by atoms with Crippen molar-refractivity contribution in [3.8, 4) is 0 Å². The van der Waals surface area contributed by atoms with Crippen LogP contribution in [0.25, 0.3) is 0 Å². The van der Waals surface area contributed by atoms with Gasteiger partial charge in [0.2, 0.25) is 0 Å². The Balaban J connectivity index is 2.48. The van der Waals surface area contributed by atoms with Gasteiger partial charge in [0.1, 0.15) is 5.60 Å². The van der Waals surface area contributed by atoms with Crippen molar-refractivity contribution in [3.63, 3.8) is 0 Å². The quantitative estimate of drug-likeness (QED) is 0.646. The van der Waals surface area contributed by atoms with Crippen LogP contribution in [0.5, 0.6) is 0 Å². The molecule has 1 amide bonds. The van der Waals surface area contributed by atoms with Gasteiger partial charge in [0.25, 0.3) is 0 Å². The van der Waals surface area contributed by atoms with E-state index in [0.717, 1.165) is 11.3 Å². The molecule has 0 bridgehead atoms. The molecule has 1 rings (SSSR count). The second-order valence-electron chi connectivity index (χ2n) is 5.88. The zero-order chi connectivity index (χ0) is 16.8. The zero-order valence-electron chi connectivity index (χ0n) is 13.8. The molecular weight excluding hydrogens is 284 g/mol. The van der Waals surface area contributed by atoms with Crippen LogP contribution in [0, 0.1) is 6.92 Å². The summed E-state index contributed by atoms with van der Waals surface area (Å²) in [4.78, 5) is 23.0. The summed E-state index contributed by atoms with van der Waals surface area (Å²) in [6.45, 7) is 8.30. The maximum Gasteiger partial charge on any atom is 0.407 e. The van der Waals surface area contributed by atoms with Crippen LogP contribution in [0.3, 0.4) is 0 Å². The summed E-state index contributed by atoms with van der Waals surface area (Å²) in [5.41, 5.74) is 1.80. The number of rotatable bonds is 5. The highest BCUT2D eigenvalue weighted by molar-refractivity contribution is 5.90. The van der Waals surface area contributed by atoms with E-state index < -0.39 is 11.7 Å². The summed E-state index contributed by atoms with van der Waals surface area (Å²) in [6, 6.07) is 5.29.